The molecule has 0 radical (unpaired) electrons. The summed E-state index contributed by atoms with van der Waals surface area (Å²) >= 11 is 0. The molecule has 0 saturated heterocycles. The highest BCUT2D eigenvalue weighted by Crippen LogP contribution is 2.60. The maximum absolute atomic E-state index is 7.12. The Bertz CT molecular complexity index is 3630. The molecule has 3 heteroatoms. The van der Waals surface area contributed by atoms with Crippen LogP contribution in [-0.2, 0) is 5.41 Å². The molecule has 13 rings (SSSR count). The van der Waals surface area contributed by atoms with Crippen LogP contribution in [0.3, 0.4) is 0 Å². The second kappa shape index (κ2) is 12.6. The monoisotopic (exact) mass is 765 g/mol. The third kappa shape index (κ3) is 4.49. The van der Waals surface area contributed by atoms with Gasteiger partial charge in [0.1, 0.15) is 16.7 Å². The topological polar surface area (TPSA) is 29.5 Å². The van der Waals surface area contributed by atoms with E-state index in [-0.39, 0.29) is 0 Å². The van der Waals surface area contributed by atoms with E-state index in [2.05, 4.69) is 217 Å². The second-order valence-electron chi connectivity index (χ2n) is 15.9. The molecule has 0 unspecified atom stereocenters. The normalized spacial score (nSPS) is 13.1. The van der Waals surface area contributed by atoms with E-state index in [9.17, 15) is 0 Å². The molecule has 12 aromatic rings. The summed E-state index contributed by atoms with van der Waals surface area (Å²) in [5.74, 6) is 0. The van der Waals surface area contributed by atoms with Gasteiger partial charge in [0.2, 0.25) is 0 Å². The first-order valence-corrected chi connectivity index (χ1v) is 20.6. The number of hydrogen-bond donors (Lipinski definition) is 0. The average Bonchev–Trinajstić information content (AvgIpc) is 3.99. The Balaban J connectivity index is 1.15. The molecule has 0 N–H and O–H groups in total. The minimum atomic E-state index is -0.549. The van der Waals surface area contributed by atoms with Crippen molar-refractivity contribution >= 4 is 82.5 Å². The Morgan fingerprint density at radius 2 is 0.900 bits per heavy atom. The van der Waals surface area contributed by atoms with E-state index in [4.69, 9.17) is 8.83 Å². The summed E-state index contributed by atoms with van der Waals surface area (Å²) in [7, 11) is 0. The number of fused-ring (bicyclic) bond motifs is 13. The molecule has 0 aliphatic heterocycles. The van der Waals surface area contributed by atoms with Crippen molar-refractivity contribution in [1.29, 1.82) is 0 Å². The third-order valence-corrected chi connectivity index (χ3v) is 12.9. The van der Waals surface area contributed by atoms with E-state index in [1.807, 2.05) is 0 Å². The maximum Gasteiger partial charge on any atom is 0.159 e. The van der Waals surface area contributed by atoms with Gasteiger partial charge in [-0.1, -0.05) is 170 Å². The van der Waals surface area contributed by atoms with Gasteiger partial charge in [-0.25, -0.2) is 0 Å². The van der Waals surface area contributed by atoms with E-state index in [1.165, 1.54) is 33.4 Å². The molecule has 0 atom stereocenters. The van der Waals surface area contributed by atoms with Gasteiger partial charge in [0.15, 0.2) is 5.58 Å². The number of rotatable bonds is 5. The zero-order chi connectivity index (χ0) is 39.4. The highest BCUT2D eigenvalue weighted by atomic mass is 16.3. The van der Waals surface area contributed by atoms with Crippen LogP contribution < -0.4 is 4.90 Å². The first-order valence-electron chi connectivity index (χ1n) is 20.6. The number of nitrogens with zero attached hydrogens (tertiary/aromatic N) is 1. The van der Waals surface area contributed by atoms with Crippen LogP contribution in [0.4, 0.5) is 17.1 Å². The molecule has 0 bridgehead atoms. The number of benzene rings is 10. The summed E-state index contributed by atoms with van der Waals surface area (Å²) in [5.41, 5.74) is 13.4. The standard InChI is InChI=1S/C57H35NO2/c1-3-17-38(18-4-1)57(39-19-5-2-6-20-39)48-25-12-11-23-46(48)53-49(57)26-14-27-50(53)58(40-31-34-52-47(35-40)45-33-30-36-15-7-9-21-41(36)54(45)59-52)51-28-13-24-43-44-32-29-37-16-8-10-22-42(37)55(44)60-56(43)51/h1-35H. The zero-order valence-electron chi connectivity index (χ0n) is 32.5. The van der Waals surface area contributed by atoms with Gasteiger partial charge in [-0.3, -0.25) is 0 Å². The lowest BCUT2D eigenvalue weighted by molar-refractivity contribution is 0.672. The summed E-state index contributed by atoms with van der Waals surface area (Å²) in [5, 5.41) is 8.87. The second-order valence-corrected chi connectivity index (χ2v) is 15.9. The van der Waals surface area contributed by atoms with Gasteiger partial charge in [0.05, 0.1) is 16.8 Å². The van der Waals surface area contributed by atoms with Crippen LogP contribution >= 0.6 is 0 Å². The van der Waals surface area contributed by atoms with Crippen molar-refractivity contribution in [3.8, 4) is 11.1 Å². The van der Waals surface area contributed by atoms with Crippen LogP contribution in [0.5, 0.6) is 0 Å². The fourth-order valence-electron chi connectivity index (χ4n) is 10.4. The summed E-state index contributed by atoms with van der Waals surface area (Å²) in [6.07, 6.45) is 0. The van der Waals surface area contributed by atoms with Crippen molar-refractivity contribution in [2.75, 3.05) is 4.90 Å². The molecule has 0 amide bonds. The molecule has 2 heterocycles. The first-order chi connectivity index (χ1) is 29.8. The van der Waals surface area contributed by atoms with Crippen molar-refractivity contribution in [3.63, 3.8) is 0 Å². The van der Waals surface area contributed by atoms with Gasteiger partial charge in [-0.15, -0.1) is 0 Å². The van der Waals surface area contributed by atoms with Gasteiger partial charge in [0, 0.05) is 43.6 Å². The Hall–Kier alpha value is -7.88. The van der Waals surface area contributed by atoms with E-state index in [0.717, 1.165) is 82.5 Å². The fraction of sp³-hybridized carbons (Fsp3) is 0.0175. The summed E-state index contributed by atoms with van der Waals surface area (Å²) in [4.78, 5) is 2.42. The third-order valence-electron chi connectivity index (χ3n) is 12.9. The Morgan fingerprint density at radius 3 is 1.63 bits per heavy atom. The van der Waals surface area contributed by atoms with Crippen LogP contribution in [0.15, 0.2) is 221 Å². The number of hydrogen-bond acceptors (Lipinski definition) is 3. The summed E-state index contributed by atoms with van der Waals surface area (Å²) < 4.78 is 13.8. The quantitative estimate of drug-likeness (QED) is 0.175. The van der Waals surface area contributed by atoms with Crippen LogP contribution in [0.25, 0.3) is 76.5 Å². The van der Waals surface area contributed by atoms with Gasteiger partial charge in [0.25, 0.3) is 0 Å². The lowest BCUT2D eigenvalue weighted by atomic mass is 9.68. The summed E-state index contributed by atoms with van der Waals surface area (Å²) in [6, 6.07) is 76.8. The fourth-order valence-corrected chi connectivity index (χ4v) is 10.4. The van der Waals surface area contributed by atoms with Crippen molar-refractivity contribution in [3.05, 3.63) is 235 Å². The molecule has 280 valence electrons. The van der Waals surface area contributed by atoms with Crippen LogP contribution in [0.1, 0.15) is 22.3 Å². The smallest absolute Gasteiger partial charge is 0.159 e. The minimum Gasteiger partial charge on any atom is -0.455 e. The van der Waals surface area contributed by atoms with Crippen molar-refractivity contribution in [2.24, 2.45) is 0 Å². The number of anilines is 3. The van der Waals surface area contributed by atoms with Crippen LogP contribution in [-0.4, -0.2) is 0 Å². The molecule has 60 heavy (non-hydrogen) atoms. The predicted octanol–water partition coefficient (Wildman–Crippen LogP) is 15.6. The first kappa shape index (κ1) is 33.1. The molecular formula is C57H35NO2. The molecule has 1 aliphatic rings. The molecule has 1 aliphatic carbocycles. The molecule has 0 spiro atoms. The molecule has 2 aromatic heterocycles. The highest BCUT2D eigenvalue weighted by Gasteiger charge is 2.47. The van der Waals surface area contributed by atoms with Gasteiger partial charge >= 0.3 is 0 Å². The average molecular weight is 766 g/mol. The lowest BCUT2D eigenvalue weighted by Crippen LogP contribution is -2.28. The molecule has 0 fully saturated rings. The molecule has 3 nitrogen and oxygen atoms in total. The molecular weight excluding hydrogens is 731 g/mol. The van der Waals surface area contributed by atoms with Crippen LogP contribution in [0.2, 0.25) is 0 Å². The van der Waals surface area contributed by atoms with Crippen LogP contribution in [0, 0.1) is 0 Å². The molecule has 0 saturated carbocycles. The Kier molecular flexibility index (Phi) is 6.93. The maximum atomic E-state index is 7.12. The number of furan rings is 2. The van der Waals surface area contributed by atoms with E-state index in [1.54, 1.807) is 0 Å². The largest absolute Gasteiger partial charge is 0.455 e. The lowest BCUT2D eigenvalue weighted by Gasteiger charge is -2.34. The number of para-hydroxylation sites is 1. The van der Waals surface area contributed by atoms with E-state index < -0.39 is 5.41 Å². The predicted molar refractivity (Wildman–Crippen MR) is 248 cm³/mol. The van der Waals surface area contributed by atoms with Gasteiger partial charge in [-0.2, -0.15) is 0 Å². The van der Waals surface area contributed by atoms with Crippen molar-refractivity contribution in [1.82, 2.24) is 0 Å². The van der Waals surface area contributed by atoms with E-state index in [0.29, 0.717) is 0 Å². The van der Waals surface area contributed by atoms with E-state index >= 15 is 0 Å². The van der Waals surface area contributed by atoms with Gasteiger partial charge in [-0.05, 0) is 81.1 Å². The Labute approximate surface area is 346 Å². The van der Waals surface area contributed by atoms with Crippen molar-refractivity contribution in [2.45, 2.75) is 5.41 Å². The Morgan fingerprint density at radius 1 is 0.350 bits per heavy atom. The minimum absolute atomic E-state index is 0.549. The van der Waals surface area contributed by atoms with Gasteiger partial charge < -0.3 is 13.7 Å². The zero-order valence-corrected chi connectivity index (χ0v) is 32.5. The van der Waals surface area contributed by atoms with Crippen molar-refractivity contribution < 1.29 is 8.83 Å². The molecule has 10 aromatic carbocycles. The SMILES string of the molecule is c1ccc(C2(c3ccccc3)c3ccccc3-c3c(N(c4ccc5oc6c7ccccc7ccc6c5c4)c4cccc5c4oc4c6ccccc6ccc54)cccc32)cc1. The highest BCUT2D eigenvalue weighted by molar-refractivity contribution is 6.19. The summed E-state index contributed by atoms with van der Waals surface area (Å²) in [6.45, 7) is 0.